The van der Waals surface area contributed by atoms with E-state index in [2.05, 4.69) is 0 Å². The first-order valence-electron chi connectivity index (χ1n) is 6.06. The van der Waals surface area contributed by atoms with E-state index in [1.165, 1.54) is 22.8 Å². The number of benzene rings is 1. The van der Waals surface area contributed by atoms with E-state index >= 15 is 0 Å². The number of hydrogen-bond acceptors (Lipinski definition) is 2. The average Bonchev–Trinajstić information content (AvgIpc) is 2.30. The number of aromatic nitrogens is 1. The van der Waals surface area contributed by atoms with Crippen LogP contribution in [-0.2, 0) is 0 Å². The Hall–Kier alpha value is -2.43. The van der Waals surface area contributed by atoms with E-state index < -0.39 is 17.3 Å². The summed E-state index contributed by atoms with van der Waals surface area (Å²) in [6.45, 7) is 4.97. The van der Waals surface area contributed by atoms with Crippen LogP contribution >= 0.6 is 0 Å². The minimum absolute atomic E-state index is 0.265. The lowest BCUT2D eigenvalue weighted by Crippen LogP contribution is -2.28. The molecule has 0 radical (unpaired) electrons. The lowest BCUT2D eigenvalue weighted by molar-refractivity contribution is 0.0693. The van der Waals surface area contributed by atoms with Crippen molar-refractivity contribution >= 4 is 5.97 Å². The summed E-state index contributed by atoms with van der Waals surface area (Å²) in [5, 5.41) is 9.15. The molecule has 1 heterocycles. The second-order valence-corrected chi connectivity index (χ2v) is 4.72. The molecular formula is C15H14FNO3. The summed E-state index contributed by atoms with van der Waals surface area (Å²) in [6, 6.07) is 5.66. The molecule has 1 aromatic heterocycles. The van der Waals surface area contributed by atoms with Crippen molar-refractivity contribution in [2.24, 2.45) is 0 Å². The van der Waals surface area contributed by atoms with Gasteiger partial charge in [0.2, 0.25) is 0 Å². The lowest BCUT2D eigenvalue weighted by Gasteiger charge is -2.15. The summed E-state index contributed by atoms with van der Waals surface area (Å²) in [4.78, 5) is 23.6. The Morgan fingerprint density at radius 1 is 1.15 bits per heavy atom. The van der Waals surface area contributed by atoms with Crippen LogP contribution < -0.4 is 5.56 Å². The molecule has 0 fully saturated rings. The zero-order valence-corrected chi connectivity index (χ0v) is 11.4. The second-order valence-electron chi connectivity index (χ2n) is 4.72. The van der Waals surface area contributed by atoms with Gasteiger partial charge in [-0.1, -0.05) is 0 Å². The molecule has 0 amide bonds. The maximum Gasteiger partial charge on any atom is 0.341 e. The van der Waals surface area contributed by atoms with Gasteiger partial charge in [-0.25, -0.2) is 9.18 Å². The number of carboxylic acid groups (broad SMARTS) is 1. The Bertz CT molecular complexity index is 762. The van der Waals surface area contributed by atoms with Gasteiger partial charge in [0.15, 0.2) is 0 Å². The molecule has 0 saturated heterocycles. The standard InChI is InChI=1S/C15H14FNO3/c1-8-7-11(16)4-5-12(8)17-10(3)6-9(2)13(14(17)18)15(19)20/h4-7H,1-3H3,(H,19,20). The molecule has 1 aromatic carbocycles. The Kier molecular flexibility index (Phi) is 3.44. The molecule has 2 aromatic rings. The first-order valence-corrected chi connectivity index (χ1v) is 6.06. The third-order valence-electron chi connectivity index (χ3n) is 3.20. The average molecular weight is 275 g/mol. The highest BCUT2D eigenvalue weighted by Gasteiger charge is 2.18. The Labute approximate surface area is 115 Å². The molecular weight excluding hydrogens is 261 g/mol. The van der Waals surface area contributed by atoms with Gasteiger partial charge in [0.05, 0.1) is 5.69 Å². The Morgan fingerprint density at radius 3 is 2.35 bits per heavy atom. The van der Waals surface area contributed by atoms with Gasteiger partial charge in [-0.05, 0) is 56.2 Å². The second kappa shape index (κ2) is 4.92. The molecule has 0 saturated carbocycles. The highest BCUT2D eigenvalue weighted by atomic mass is 19.1. The maximum atomic E-state index is 13.2. The van der Waals surface area contributed by atoms with E-state index in [9.17, 15) is 14.0 Å². The Balaban J connectivity index is 2.84. The lowest BCUT2D eigenvalue weighted by atomic mass is 10.1. The van der Waals surface area contributed by atoms with Crippen molar-refractivity contribution < 1.29 is 14.3 Å². The molecule has 0 atom stereocenters. The van der Waals surface area contributed by atoms with Gasteiger partial charge >= 0.3 is 5.97 Å². The van der Waals surface area contributed by atoms with Crippen LogP contribution in [0, 0.1) is 26.6 Å². The van der Waals surface area contributed by atoms with Gasteiger partial charge in [-0.3, -0.25) is 9.36 Å². The topological polar surface area (TPSA) is 59.3 Å². The normalized spacial score (nSPS) is 10.6. The van der Waals surface area contributed by atoms with Gasteiger partial charge in [-0.15, -0.1) is 0 Å². The van der Waals surface area contributed by atoms with E-state index in [1.54, 1.807) is 26.8 Å². The molecule has 5 heteroatoms. The summed E-state index contributed by atoms with van der Waals surface area (Å²) >= 11 is 0. The number of nitrogens with zero attached hydrogens (tertiary/aromatic N) is 1. The predicted octanol–water partition coefficient (Wildman–Crippen LogP) is 2.60. The molecule has 0 aliphatic rings. The molecule has 0 unspecified atom stereocenters. The fraction of sp³-hybridized carbons (Fsp3) is 0.200. The van der Waals surface area contributed by atoms with Crippen molar-refractivity contribution in [3.05, 3.63) is 62.8 Å². The van der Waals surface area contributed by atoms with Crippen molar-refractivity contribution in [1.82, 2.24) is 4.57 Å². The highest BCUT2D eigenvalue weighted by molar-refractivity contribution is 5.89. The molecule has 104 valence electrons. The smallest absolute Gasteiger partial charge is 0.341 e. The SMILES string of the molecule is Cc1cc(F)ccc1-n1c(C)cc(C)c(C(=O)O)c1=O. The molecule has 0 aliphatic heterocycles. The van der Waals surface area contributed by atoms with Gasteiger partial charge in [0.25, 0.3) is 5.56 Å². The third kappa shape index (κ3) is 2.22. The van der Waals surface area contributed by atoms with Crippen molar-refractivity contribution in [2.75, 3.05) is 0 Å². The maximum absolute atomic E-state index is 13.2. The molecule has 20 heavy (non-hydrogen) atoms. The van der Waals surface area contributed by atoms with Gasteiger partial charge < -0.3 is 5.11 Å². The molecule has 2 rings (SSSR count). The van der Waals surface area contributed by atoms with Gasteiger partial charge in [0.1, 0.15) is 11.4 Å². The van der Waals surface area contributed by atoms with Crippen LogP contribution in [0.4, 0.5) is 4.39 Å². The Morgan fingerprint density at radius 2 is 1.80 bits per heavy atom. The van der Waals surface area contributed by atoms with Gasteiger partial charge in [-0.2, -0.15) is 0 Å². The first kappa shape index (κ1) is 14.0. The van der Waals surface area contributed by atoms with Crippen LogP contribution in [0.3, 0.4) is 0 Å². The molecule has 0 spiro atoms. The van der Waals surface area contributed by atoms with Crippen molar-refractivity contribution in [3.8, 4) is 5.69 Å². The fourth-order valence-corrected chi connectivity index (χ4v) is 2.32. The van der Waals surface area contributed by atoms with Crippen LogP contribution in [0.1, 0.15) is 27.2 Å². The molecule has 4 nitrogen and oxygen atoms in total. The molecule has 0 bridgehead atoms. The first-order chi connectivity index (χ1) is 9.32. The summed E-state index contributed by atoms with van der Waals surface area (Å²) in [7, 11) is 0. The number of aryl methyl sites for hydroxylation is 3. The summed E-state index contributed by atoms with van der Waals surface area (Å²) in [5.74, 6) is -1.66. The third-order valence-corrected chi connectivity index (χ3v) is 3.20. The predicted molar refractivity (Wildman–Crippen MR) is 73.2 cm³/mol. The van der Waals surface area contributed by atoms with Gasteiger partial charge in [0, 0.05) is 5.69 Å². The van der Waals surface area contributed by atoms with E-state index in [4.69, 9.17) is 5.11 Å². The quantitative estimate of drug-likeness (QED) is 0.916. The molecule has 1 N–H and O–H groups in total. The minimum atomic E-state index is -1.26. The van der Waals surface area contributed by atoms with Crippen LogP contribution in [0.5, 0.6) is 0 Å². The van der Waals surface area contributed by atoms with Crippen molar-refractivity contribution in [2.45, 2.75) is 20.8 Å². The number of carbonyl (C=O) groups is 1. The number of pyridine rings is 1. The van der Waals surface area contributed by atoms with E-state index in [-0.39, 0.29) is 5.56 Å². The van der Waals surface area contributed by atoms with Crippen LogP contribution in [0.15, 0.2) is 29.1 Å². The van der Waals surface area contributed by atoms with E-state index in [0.29, 0.717) is 22.5 Å². The van der Waals surface area contributed by atoms with E-state index in [0.717, 1.165) is 0 Å². The van der Waals surface area contributed by atoms with Crippen molar-refractivity contribution in [1.29, 1.82) is 0 Å². The van der Waals surface area contributed by atoms with Crippen LogP contribution in [0.2, 0.25) is 0 Å². The summed E-state index contributed by atoms with van der Waals surface area (Å²) in [6.07, 6.45) is 0. The minimum Gasteiger partial charge on any atom is -0.477 e. The van der Waals surface area contributed by atoms with Crippen molar-refractivity contribution in [3.63, 3.8) is 0 Å². The number of hydrogen-bond donors (Lipinski definition) is 1. The zero-order chi connectivity index (χ0) is 15.0. The number of halogens is 1. The fourth-order valence-electron chi connectivity index (χ4n) is 2.32. The monoisotopic (exact) mass is 275 g/mol. The number of rotatable bonds is 2. The largest absolute Gasteiger partial charge is 0.477 e. The van der Waals surface area contributed by atoms with Crippen LogP contribution in [-0.4, -0.2) is 15.6 Å². The number of carboxylic acids is 1. The summed E-state index contributed by atoms with van der Waals surface area (Å²) in [5.41, 5.74) is 1.19. The highest BCUT2D eigenvalue weighted by Crippen LogP contribution is 2.17. The molecule has 0 aliphatic carbocycles. The zero-order valence-electron chi connectivity index (χ0n) is 11.4. The van der Waals surface area contributed by atoms with E-state index in [1.807, 2.05) is 0 Å². The number of aromatic carboxylic acids is 1. The van der Waals surface area contributed by atoms with Crippen LogP contribution in [0.25, 0.3) is 5.69 Å². The summed E-state index contributed by atoms with van der Waals surface area (Å²) < 4.78 is 14.5.